The van der Waals surface area contributed by atoms with E-state index < -0.39 is 30.9 Å². The summed E-state index contributed by atoms with van der Waals surface area (Å²) in [5, 5.41) is 18.6. The Morgan fingerprint density at radius 3 is 2.53 bits per heavy atom. The van der Waals surface area contributed by atoms with Gasteiger partial charge in [0, 0.05) is 0 Å². The molecule has 0 fully saturated rings. The normalized spacial score (nSPS) is 9.88. The molecule has 3 N–H and O–H groups in total. The molecular formula is C7H10N6O4. The fraction of sp³-hybridized carbons (Fsp3) is 0.429. The summed E-state index contributed by atoms with van der Waals surface area (Å²) < 4.78 is 1.11. The first-order chi connectivity index (χ1) is 7.99. The highest BCUT2D eigenvalue weighted by Crippen LogP contribution is 1.92. The Kier molecular flexibility index (Phi) is 4.08. The van der Waals surface area contributed by atoms with Gasteiger partial charge in [0.2, 0.25) is 11.8 Å². The molecule has 0 radical (unpaired) electrons. The number of aliphatic carboxylic acids is 1. The Morgan fingerprint density at radius 2 is 2.06 bits per heavy atom. The predicted octanol–water partition coefficient (Wildman–Crippen LogP) is -2.93. The maximum Gasteiger partial charge on any atom is 0.323 e. The zero-order valence-corrected chi connectivity index (χ0v) is 8.68. The van der Waals surface area contributed by atoms with Gasteiger partial charge in [-0.2, -0.15) is 0 Å². The maximum atomic E-state index is 11.6. The van der Waals surface area contributed by atoms with Gasteiger partial charge in [0.05, 0.1) is 6.54 Å². The topological polar surface area (TPSA) is 144 Å². The highest BCUT2D eigenvalue weighted by molar-refractivity contribution is 5.86. The van der Waals surface area contributed by atoms with E-state index in [2.05, 4.69) is 15.5 Å². The van der Waals surface area contributed by atoms with E-state index in [1.165, 1.54) is 6.33 Å². The van der Waals surface area contributed by atoms with Crippen LogP contribution in [-0.2, 0) is 20.9 Å². The average Bonchev–Trinajstić information content (AvgIpc) is 2.67. The van der Waals surface area contributed by atoms with Crippen LogP contribution in [0.3, 0.4) is 0 Å². The van der Waals surface area contributed by atoms with Crippen LogP contribution in [0.1, 0.15) is 0 Å². The summed E-state index contributed by atoms with van der Waals surface area (Å²) in [6.45, 7) is -1.33. The van der Waals surface area contributed by atoms with Crippen LogP contribution in [0, 0.1) is 0 Å². The standard InChI is InChI=1S/C7H10N6O4/c8-5(14)1-12(3-7(16)17)6(15)2-13-4-9-10-11-13/h4H,1-3H2,(H2,8,14)(H,16,17). The van der Waals surface area contributed by atoms with Crippen molar-refractivity contribution in [2.75, 3.05) is 13.1 Å². The van der Waals surface area contributed by atoms with E-state index in [0.29, 0.717) is 0 Å². The fourth-order valence-corrected chi connectivity index (χ4v) is 1.07. The number of carboxylic acid groups (broad SMARTS) is 1. The van der Waals surface area contributed by atoms with Crippen molar-refractivity contribution >= 4 is 17.8 Å². The molecule has 0 spiro atoms. The smallest absolute Gasteiger partial charge is 0.323 e. The molecule has 17 heavy (non-hydrogen) atoms. The summed E-state index contributed by atoms with van der Waals surface area (Å²) in [5.74, 6) is -2.65. The Balaban J connectivity index is 2.65. The molecule has 0 unspecified atom stereocenters. The average molecular weight is 242 g/mol. The highest BCUT2D eigenvalue weighted by atomic mass is 16.4. The van der Waals surface area contributed by atoms with Gasteiger partial charge in [0.25, 0.3) is 0 Å². The van der Waals surface area contributed by atoms with E-state index in [9.17, 15) is 14.4 Å². The van der Waals surface area contributed by atoms with E-state index >= 15 is 0 Å². The third-order valence-electron chi connectivity index (χ3n) is 1.71. The number of tetrazole rings is 1. The van der Waals surface area contributed by atoms with Gasteiger partial charge in [0.1, 0.15) is 19.4 Å². The second-order valence-electron chi connectivity index (χ2n) is 3.12. The van der Waals surface area contributed by atoms with Crippen molar-refractivity contribution in [3.05, 3.63) is 6.33 Å². The molecule has 0 saturated carbocycles. The molecule has 1 heterocycles. The van der Waals surface area contributed by atoms with Crippen LogP contribution in [0.4, 0.5) is 0 Å². The van der Waals surface area contributed by atoms with Gasteiger partial charge in [0.15, 0.2) is 0 Å². The summed E-state index contributed by atoms with van der Waals surface area (Å²) in [7, 11) is 0. The van der Waals surface area contributed by atoms with Crippen molar-refractivity contribution in [1.29, 1.82) is 0 Å². The number of rotatable bonds is 6. The first-order valence-electron chi connectivity index (χ1n) is 4.47. The van der Waals surface area contributed by atoms with Crippen molar-refractivity contribution < 1.29 is 19.5 Å². The molecule has 10 nitrogen and oxygen atoms in total. The molecule has 0 saturated heterocycles. The molecule has 1 aromatic heterocycles. The van der Waals surface area contributed by atoms with Crippen LogP contribution in [0.2, 0.25) is 0 Å². The van der Waals surface area contributed by atoms with Gasteiger partial charge in [-0.3, -0.25) is 14.4 Å². The number of aromatic nitrogens is 4. The van der Waals surface area contributed by atoms with Gasteiger partial charge >= 0.3 is 5.97 Å². The third kappa shape index (κ3) is 4.24. The second-order valence-corrected chi connectivity index (χ2v) is 3.12. The van der Waals surface area contributed by atoms with Crippen molar-refractivity contribution in [2.24, 2.45) is 5.73 Å². The molecule has 1 aromatic rings. The SMILES string of the molecule is NC(=O)CN(CC(=O)O)C(=O)Cn1cnnn1. The number of primary amides is 1. The lowest BCUT2D eigenvalue weighted by molar-refractivity contribution is -0.146. The highest BCUT2D eigenvalue weighted by Gasteiger charge is 2.19. The molecule has 0 aliphatic carbocycles. The first-order valence-corrected chi connectivity index (χ1v) is 4.47. The summed E-state index contributed by atoms with van der Waals surface area (Å²) in [6, 6.07) is 0. The van der Waals surface area contributed by atoms with E-state index in [1.807, 2.05) is 0 Å². The number of hydrogen-bond donors (Lipinski definition) is 2. The molecule has 0 aliphatic rings. The van der Waals surface area contributed by atoms with Gasteiger partial charge < -0.3 is 15.7 Å². The molecule has 0 atom stereocenters. The summed E-state index contributed by atoms with van der Waals surface area (Å²) >= 11 is 0. The van der Waals surface area contributed by atoms with Crippen LogP contribution >= 0.6 is 0 Å². The lowest BCUT2D eigenvalue weighted by Crippen LogP contribution is -2.43. The summed E-state index contributed by atoms with van der Waals surface area (Å²) in [4.78, 5) is 33.6. The maximum absolute atomic E-state index is 11.6. The Morgan fingerprint density at radius 1 is 1.35 bits per heavy atom. The van der Waals surface area contributed by atoms with Crippen molar-refractivity contribution in [3.63, 3.8) is 0 Å². The number of carbonyl (C=O) groups excluding carboxylic acids is 2. The van der Waals surface area contributed by atoms with Crippen molar-refractivity contribution in [3.8, 4) is 0 Å². The van der Waals surface area contributed by atoms with Gasteiger partial charge in [-0.25, -0.2) is 4.68 Å². The van der Waals surface area contributed by atoms with E-state index in [4.69, 9.17) is 10.8 Å². The Hall–Kier alpha value is -2.52. The number of hydrogen-bond acceptors (Lipinski definition) is 6. The number of nitrogens with zero attached hydrogens (tertiary/aromatic N) is 5. The molecule has 2 amide bonds. The molecular weight excluding hydrogens is 232 g/mol. The number of carbonyl (C=O) groups is 3. The fourth-order valence-electron chi connectivity index (χ4n) is 1.07. The second kappa shape index (κ2) is 5.53. The number of amides is 2. The molecule has 10 heteroatoms. The van der Waals surface area contributed by atoms with E-state index in [1.54, 1.807) is 0 Å². The zero-order chi connectivity index (χ0) is 12.8. The summed E-state index contributed by atoms with van der Waals surface area (Å²) in [6.07, 6.45) is 1.20. The third-order valence-corrected chi connectivity index (χ3v) is 1.71. The Bertz CT molecular complexity index is 400. The van der Waals surface area contributed by atoms with Crippen LogP contribution in [0.15, 0.2) is 6.33 Å². The van der Waals surface area contributed by atoms with E-state index in [0.717, 1.165) is 9.58 Å². The molecule has 0 aliphatic heterocycles. The summed E-state index contributed by atoms with van der Waals surface area (Å²) in [5.41, 5.74) is 4.91. The minimum absolute atomic E-state index is 0.256. The Labute approximate surface area is 95.0 Å². The molecule has 92 valence electrons. The van der Waals surface area contributed by atoms with Gasteiger partial charge in [-0.1, -0.05) is 0 Å². The van der Waals surface area contributed by atoms with Gasteiger partial charge in [-0.15, -0.1) is 5.10 Å². The first kappa shape index (κ1) is 12.5. The van der Waals surface area contributed by atoms with Crippen LogP contribution in [0.5, 0.6) is 0 Å². The number of nitrogens with two attached hydrogens (primary N) is 1. The van der Waals surface area contributed by atoms with E-state index in [-0.39, 0.29) is 6.54 Å². The van der Waals surface area contributed by atoms with Crippen LogP contribution in [0.25, 0.3) is 0 Å². The quantitative estimate of drug-likeness (QED) is 0.543. The predicted molar refractivity (Wildman–Crippen MR) is 51.2 cm³/mol. The number of carboxylic acids is 1. The van der Waals surface area contributed by atoms with Crippen molar-refractivity contribution in [1.82, 2.24) is 25.1 Å². The van der Waals surface area contributed by atoms with Gasteiger partial charge in [-0.05, 0) is 10.4 Å². The monoisotopic (exact) mass is 242 g/mol. The molecule has 1 rings (SSSR count). The van der Waals surface area contributed by atoms with Crippen molar-refractivity contribution in [2.45, 2.75) is 6.54 Å². The largest absolute Gasteiger partial charge is 0.480 e. The molecule has 0 bridgehead atoms. The minimum Gasteiger partial charge on any atom is -0.480 e. The molecule has 0 aromatic carbocycles. The van der Waals surface area contributed by atoms with Crippen LogP contribution in [-0.4, -0.2) is 61.1 Å². The van der Waals surface area contributed by atoms with Crippen LogP contribution < -0.4 is 5.73 Å². The minimum atomic E-state index is -1.24. The zero-order valence-electron chi connectivity index (χ0n) is 8.68. The lowest BCUT2D eigenvalue weighted by atomic mass is 10.4. The lowest BCUT2D eigenvalue weighted by Gasteiger charge is -2.18.